The molecule has 0 saturated carbocycles. The molecule has 0 amide bonds. The van der Waals surface area contributed by atoms with Gasteiger partial charge in [0.15, 0.2) is 0 Å². The lowest BCUT2D eigenvalue weighted by Gasteiger charge is -2.09. The minimum Gasteiger partial charge on any atom is -0.459 e. The van der Waals surface area contributed by atoms with Gasteiger partial charge in [0.25, 0.3) is 0 Å². The summed E-state index contributed by atoms with van der Waals surface area (Å²) in [7, 11) is 0. The normalized spacial score (nSPS) is 24.3. The number of carbonyl (C=O) groups excluding carboxylic acids is 1. The molecule has 1 aromatic rings. The maximum absolute atomic E-state index is 12.8. The third kappa shape index (κ3) is 2.79. The molecule has 0 bridgehead atoms. The van der Waals surface area contributed by atoms with Crippen molar-refractivity contribution >= 4 is 5.97 Å². The number of carbonyl (C=O) groups is 1. The molecule has 86 valence electrons. The van der Waals surface area contributed by atoms with Crippen LogP contribution in [0.3, 0.4) is 0 Å². The van der Waals surface area contributed by atoms with Gasteiger partial charge in [-0.15, -0.1) is 0 Å². The first-order chi connectivity index (χ1) is 7.75. The van der Waals surface area contributed by atoms with Crippen LogP contribution in [0.2, 0.25) is 0 Å². The third-order valence-electron chi connectivity index (χ3n) is 2.44. The van der Waals surface area contributed by atoms with Crippen LogP contribution in [0.5, 0.6) is 0 Å². The fourth-order valence-electron chi connectivity index (χ4n) is 1.60. The summed E-state index contributed by atoms with van der Waals surface area (Å²) < 4.78 is 22.9. The monoisotopic (exact) mass is 224 g/mol. The van der Waals surface area contributed by atoms with E-state index in [9.17, 15) is 9.18 Å². The smallest absolute Gasteiger partial charge is 0.338 e. The number of esters is 1. The predicted molar refractivity (Wildman–Crippen MR) is 56.0 cm³/mol. The fourth-order valence-corrected chi connectivity index (χ4v) is 1.60. The van der Waals surface area contributed by atoms with Crippen molar-refractivity contribution in [3.63, 3.8) is 0 Å². The molecule has 0 aliphatic carbocycles. The summed E-state index contributed by atoms with van der Waals surface area (Å²) in [5.74, 6) is -0.397. The molecule has 1 fully saturated rings. The van der Waals surface area contributed by atoms with Gasteiger partial charge in [0.05, 0.1) is 18.3 Å². The van der Waals surface area contributed by atoms with Crippen molar-refractivity contribution in [2.24, 2.45) is 0 Å². The summed E-state index contributed by atoms with van der Waals surface area (Å²) in [5.41, 5.74) is 0.497. The van der Waals surface area contributed by atoms with E-state index in [1.54, 1.807) is 24.3 Å². The number of hydrogen-bond acceptors (Lipinski definition) is 3. The zero-order valence-electron chi connectivity index (χ0n) is 8.77. The van der Waals surface area contributed by atoms with Gasteiger partial charge < -0.3 is 9.47 Å². The fraction of sp³-hybridized carbons (Fsp3) is 0.417. The Bertz CT molecular complexity index is 353. The number of hydrogen-bond donors (Lipinski definition) is 0. The summed E-state index contributed by atoms with van der Waals surface area (Å²) in [6.45, 7) is 0.224. The molecule has 1 aromatic carbocycles. The second-order valence-electron chi connectivity index (χ2n) is 3.75. The van der Waals surface area contributed by atoms with Gasteiger partial charge >= 0.3 is 5.97 Å². The van der Waals surface area contributed by atoms with Crippen LogP contribution in [0, 0.1) is 0 Å². The molecule has 2 rings (SSSR count). The van der Waals surface area contributed by atoms with Crippen molar-refractivity contribution in [1.82, 2.24) is 0 Å². The molecule has 1 aliphatic heterocycles. The molecule has 0 spiro atoms. The third-order valence-corrected chi connectivity index (χ3v) is 2.44. The Morgan fingerprint density at radius 2 is 2.19 bits per heavy atom. The first kappa shape index (κ1) is 11.1. The van der Waals surface area contributed by atoms with E-state index in [-0.39, 0.29) is 19.3 Å². The van der Waals surface area contributed by atoms with Crippen molar-refractivity contribution in [3.8, 4) is 0 Å². The summed E-state index contributed by atoms with van der Waals surface area (Å²) in [6.07, 6.45) is -0.926. The number of rotatable bonds is 3. The Kier molecular flexibility index (Phi) is 3.51. The van der Waals surface area contributed by atoms with E-state index in [0.717, 1.165) is 0 Å². The molecule has 0 unspecified atom stereocenters. The minimum atomic E-state index is -0.930. The summed E-state index contributed by atoms with van der Waals surface area (Å²) in [5, 5.41) is 0. The maximum atomic E-state index is 12.8. The van der Waals surface area contributed by atoms with Crippen molar-refractivity contribution in [1.29, 1.82) is 0 Å². The molecule has 0 aromatic heterocycles. The number of halogens is 1. The standard InChI is InChI=1S/C12H13FO3/c13-10-6-11(15-7-10)8-16-12(14)9-4-2-1-3-5-9/h1-5,10-11H,6-8H2/t10-,11+/m0/s1. The molecule has 2 atom stereocenters. The van der Waals surface area contributed by atoms with Gasteiger partial charge in [0, 0.05) is 6.42 Å². The van der Waals surface area contributed by atoms with E-state index in [1.807, 2.05) is 6.07 Å². The van der Waals surface area contributed by atoms with Crippen molar-refractivity contribution in [2.45, 2.75) is 18.7 Å². The molecule has 1 aliphatic rings. The average Bonchev–Trinajstić information content (AvgIpc) is 2.73. The van der Waals surface area contributed by atoms with Gasteiger partial charge in [-0.1, -0.05) is 18.2 Å². The second kappa shape index (κ2) is 5.07. The highest BCUT2D eigenvalue weighted by Crippen LogP contribution is 2.16. The van der Waals surface area contributed by atoms with Crippen LogP contribution in [0.25, 0.3) is 0 Å². The van der Waals surface area contributed by atoms with Crippen LogP contribution >= 0.6 is 0 Å². The number of ether oxygens (including phenoxy) is 2. The average molecular weight is 224 g/mol. The van der Waals surface area contributed by atoms with E-state index in [0.29, 0.717) is 12.0 Å². The summed E-state index contributed by atoms with van der Waals surface area (Å²) in [4.78, 5) is 11.5. The van der Waals surface area contributed by atoms with E-state index in [1.165, 1.54) is 0 Å². The van der Waals surface area contributed by atoms with E-state index in [4.69, 9.17) is 9.47 Å². The van der Waals surface area contributed by atoms with Gasteiger partial charge in [0.1, 0.15) is 12.8 Å². The summed E-state index contributed by atoms with van der Waals surface area (Å²) in [6, 6.07) is 8.71. The SMILES string of the molecule is O=C(OC[C@H]1C[C@H](F)CO1)c1ccccc1. The Labute approximate surface area is 93.2 Å². The molecule has 0 N–H and O–H groups in total. The Balaban J connectivity index is 1.80. The van der Waals surface area contributed by atoms with Crippen LogP contribution in [0.15, 0.2) is 30.3 Å². The van der Waals surface area contributed by atoms with Gasteiger partial charge in [-0.3, -0.25) is 0 Å². The molecule has 1 saturated heterocycles. The van der Waals surface area contributed by atoms with Crippen LogP contribution in [-0.4, -0.2) is 31.5 Å². The largest absolute Gasteiger partial charge is 0.459 e. The highest BCUT2D eigenvalue weighted by atomic mass is 19.1. The second-order valence-corrected chi connectivity index (χ2v) is 3.75. The van der Waals surface area contributed by atoms with Crippen LogP contribution < -0.4 is 0 Å². The van der Waals surface area contributed by atoms with Crippen molar-refractivity contribution in [2.75, 3.05) is 13.2 Å². The number of benzene rings is 1. The molecule has 4 heteroatoms. The Hall–Kier alpha value is -1.42. The zero-order chi connectivity index (χ0) is 11.4. The molecule has 16 heavy (non-hydrogen) atoms. The summed E-state index contributed by atoms with van der Waals surface area (Å²) >= 11 is 0. The maximum Gasteiger partial charge on any atom is 0.338 e. The topological polar surface area (TPSA) is 35.5 Å². The predicted octanol–water partition coefficient (Wildman–Crippen LogP) is 1.97. The van der Waals surface area contributed by atoms with Crippen molar-refractivity contribution < 1.29 is 18.7 Å². The highest BCUT2D eigenvalue weighted by Gasteiger charge is 2.26. The minimum absolute atomic E-state index is 0.105. The van der Waals surface area contributed by atoms with Gasteiger partial charge in [-0.25, -0.2) is 9.18 Å². The van der Waals surface area contributed by atoms with Crippen LogP contribution in [0.1, 0.15) is 16.8 Å². The lowest BCUT2D eigenvalue weighted by atomic mass is 10.2. The first-order valence-corrected chi connectivity index (χ1v) is 5.23. The lowest BCUT2D eigenvalue weighted by molar-refractivity contribution is 0.0155. The Morgan fingerprint density at radius 3 is 2.81 bits per heavy atom. The molecule has 3 nitrogen and oxygen atoms in total. The number of alkyl halides is 1. The van der Waals surface area contributed by atoms with E-state index < -0.39 is 12.1 Å². The molecular weight excluding hydrogens is 211 g/mol. The molecule has 0 radical (unpaired) electrons. The quantitative estimate of drug-likeness (QED) is 0.736. The Morgan fingerprint density at radius 1 is 1.44 bits per heavy atom. The highest BCUT2D eigenvalue weighted by molar-refractivity contribution is 5.89. The first-order valence-electron chi connectivity index (χ1n) is 5.23. The van der Waals surface area contributed by atoms with Gasteiger partial charge in [0.2, 0.25) is 0 Å². The molecule has 1 heterocycles. The van der Waals surface area contributed by atoms with Gasteiger partial charge in [-0.05, 0) is 12.1 Å². The van der Waals surface area contributed by atoms with Crippen LogP contribution in [0.4, 0.5) is 4.39 Å². The van der Waals surface area contributed by atoms with E-state index >= 15 is 0 Å². The lowest BCUT2D eigenvalue weighted by Crippen LogP contribution is -2.18. The van der Waals surface area contributed by atoms with Gasteiger partial charge in [-0.2, -0.15) is 0 Å². The van der Waals surface area contributed by atoms with Crippen LogP contribution in [-0.2, 0) is 9.47 Å². The zero-order valence-corrected chi connectivity index (χ0v) is 8.77. The molecular formula is C12H13FO3. The van der Waals surface area contributed by atoms with Crippen molar-refractivity contribution in [3.05, 3.63) is 35.9 Å². The van der Waals surface area contributed by atoms with E-state index in [2.05, 4.69) is 0 Å².